The van der Waals surface area contributed by atoms with Gasteiger partial charge in [-0.25, -0.2) is 0 Å². The lowest BCUT2D eigenvalue weighted by atomic mass is 10.0. The zero-order valence-electron chi connectivity index (χ0n) is 13.0. The van der Waals surface area contributed by atoms with Crippen molar-refractivity contribution >= 4 is 17.5 Å². The first-order chi connectivity index (χ1) is 10.6. The lowest BCUT2D eigenvalue weighted by Crippen LogP contribution is -2.38. The molecule has 1 aromatic rings. The molecule has 1 unspecified atom stereocenters. The van der Waals surface area contributed by atoms with Gasteiger partial charge in [0.1, 0.15) is 0 Å². The predicted molar refractivity (Wildman–Crippen MR) is 85.6 cm³/mol. The standard InChI is InChI=1S/C17H24N2O3/c1-13(9-11-20)12-18-16(21)8-10-19-15-5-3-2-4-14(15)6-7-17(19)22/h2-5,13,20H,6-12H2,1H3,(H,18,21). The fraction of sp³-hybridized carbons (Fsp3) is 0.529. The lowest BCUT2D eigenvalue weighted by Gasteiger charge is -2.29. The average molecular weight is 304 g/mol. The maximum atomic E-state index is 12.1. The van der Waals surface area contributed by atoms with Crippen molar-refractivity contribution in [3.05, 3.63) is 29.8 Å². The molecule has 0 radical (unpaired) electrons. The van der Waals surface area contributed by atoms with Crippen molar-refractivity contribution in [1.82, 2.24) is 5.32 Å². The number of carbonyl (C=O) groups excluding carboxylic acids is 2. The number of para-hydroxylation sites is 1. The minimum absolute atomic E-state index is 0.0550. The van der Waals surface area contributed by atoms with Gasteiger partial charge in [-0.15, -0.1) is 0 Å². The van der Waals surface area contributed by atoms with Gasteiger partial charge < -0.3 is 15.3 Å². The van der Waals surface area contributed by atoms with Gasteiger partial charge in [-0.05, 0) is 30.4 Å². The van der Waals surface area contributed by atoms with Gasteiger partial charge in [0.05, 0.1) is 0 Å². The van der Waals surface area contributed by atoms with Crippen LogP contribution in [-0.2, 0) is 16.0 Å². The third-order valence-electron chi connectivity index (χ3n) is 4.02. The Hall–Kier alpha value is -1.88. The zero-order valence-corrected chi connectivity index (χ0v) is 13.0. The molecule has 1 heterocycles. The number of rotatable bonds is 7. The molecule has 5 nitrogen and oxygen atoms in total. The van der Waals surface area contributed by atoms with Crippen molar-refractivity contribution in [3.63, 3.8) is 0 Å². The Balaban J connectivity index is 1.86. The summed E-state index contributed by atoms with van der Waals surface area (Å²) in [6.45, 7) is 3.09. The van der Waals surface area contributed by atoms with Crippen LogP contribution in [0.5, 0.6) is 0 Å². The van der Waals surface area contributed by atoms with Crippen LogP contribution in [-0.4, -0.2) is 36.6 Å². The van der Waals surface area contributed by atoms with Gasteiger partial charge in [-0.3, -0.25) is 9.59 Å². The summed E-state index contributed by atoms with van der Waals surface area (Å²) >= 11 is 0. The molecule has 1 aromatic carbocycles. The highest BCUT2D eigenvalue weighted by Gasteiger charge is 2.23. The van der Waals surface area contributed by atoms with Gasteiger partial charge in [0, 0.05) is 38.2 Å². The summed E-state index contributed by atoms with van der Waals surface area (Å²) in [6.07, 6.45) is 2.26. The number of nitrogens with one attached hydrogen (secondary N) is 1. The molecule has 0 spiro atoms. The second-order valence-corrected chi connectivity index (χ2v) is 5.85. The van der Waals surface area contributed by atoms with E-state index >= 15 is 0 Å². The molecular formula is C17H24N2O3. The Bertz CT molecular complexity index is 530. The van der Waals surface area contributed by atoms with Crippen LogP contribution in [0.3, 0.4) is 0 Å². The summed E-state index contributed by atoms with van der Waals surface area (Å²) in [5, 5.41) is 11.7. The van der Waals surface area contributed by atoms with Crippen LogP contribution in [0.2, 0.25) is 0 Å². The molecule has 2 amide bonds. The molecule has 2 rings (SSSR count). The van der Waals surface area contributed by atoms with Crippen molar-refractivity contribution in [1.29, 1.82) is 0 Å². The van der Waals surface area contributed by atoms with Crippen molar-refractivity contribution in [2.45, 2.75) is 32.6 Å². The number of aliphatic hydroxyl groups excluding tert-OH is 1. The highest BCUT2D eigenvalue weighted by Crippen LogP contribution is 2.27. The van der Waals surface area contributed by atoms with Crippen LogP contribution in [0.15, 0.2) is 24.3 Å². The molecule has 5 heteroatoms. The van der Waals surface area contributed by atoms with E-state index < -0.39 is 0 Å². The molecule has 0 aromatic heterocycles. The molecule has 0 saturated heterocycles. The Morgan fingerprint density at radius 1 is 1.36 bits per heavy atom. The third kappa shape index (κ3) is 4.31. The van der Waals surface area contributed by atoms with E-state index in [2.05, 4.69) is 5.32 Å². The van der Waals surface area contributed by atoms with E-state index in [1.165, 1.54) is 5.56 Å². The van der Waals surface area contributed by atoms with Crippen molar-refractivity contribution in [2.75, 3.05) is 24.6 Å². The van der Waals surface area contributed by atoms with Gasteiger partial charge >= 0.3 is 0 Å². The molecule has 22 heavy (non-hydrogen) atoms. The van der Waals surface area contributed by atoms with Gasteiger partial charge in [0.25, 0.3) is 0 Å². The van der Waals surface area contributed by atoms with Crippen LogP contribution in [0, 0.1) is 5.92 Å². The van der Waals surface area contributed by atoms with Crippen LogP contribution in [0.4, 0.5) is 5.69 Å². The van der Waals surface area contributed by atoms with E-state index in [1.54, 1.807) is 4.90 Å². The molecule has 0 fully saturated rings. The molecule has 120 valence electrons. The van der Waals surface area contributed by atoms with E-state index in [4.69, 9.17) is 5.11 Å². The maximum absolute atomic E-state index is 12.1. The van der Waals surface area contributed by atoms with Gasteiger partial charge in [-0.1, -0.05) is 25.1 Å². The Morgan fingerprint density at radius 2 is 2.14 bits per heavy atom. The number of benzene rings is 1. The summed E-state index contributed by atoms with van der Waals surface area (Å²) in [4.78, 5) is 25.7. The van der Waals surface area contributed by atoms with Crippen LogP contribution in [0.1, 0.15) is 31.7 Å². The second-order valence-electron chi connectivity index (χ2n) is 5.85. The van der Waals surface area contributed by atoms with E-state index in [9.17, 15) is 9.59 Å². The first kappa shape index (κ1) is 16.5. The molecule has 2 N–H and O–H groups in total. The first-order valence-corrected chi connectivity index (χ1v) is 7.87. The van der Waals surface area contributed by atoms with Gasteiger partial charge in [-0.2, -0.15) is 0 Å². The minimum Gasteiger partial charge on any atom is -0.396 e. The van der Waals surface area contributed by atoms with E-state index in [0.717, 1.165) is 12.1 Å². The fourth-order valence-corrected chi connectivity index (χ4v) is 2.65. The first-order valence-electron chi connectivity index (χ1n) is 7.87. The molecule has 1 atom stereocenters. The van der Waals surface area contributed by atoms with E-state index in [1.807, 2.05) is 31.2 Å². The van der Waals surface area contributed by atoms with Crippen molar-refractivity contribution in [3.8, 4) is 0 Å². The zero-order chi connectivity index (χ0) is 15.9. The molecular weight excluding hydrogens is 280 g/mol. The van der Waals surface area contributed by atoms with Crippen LogP contribution >= 0.6 is 0 Å². The number of aryl methyl sites for hydroxylation is 1. The second kappa shape index (κ2) is 7.94. The normalized spacial score (nSPS) is 15.4. The number of nitrogens with zero attached hydrogens (tertiary/aromatic N) is 1. The monoisotopic (exact) mass is 304 g/mol. The van der Waals surface area contributed by atoms with Crippen LogP contribution in [0.25, 0.3) is 0 Å². The maximum Gasteiger partial charge on any atom is 0.227 e. The Labute approximate surface area is 131 Å². The lowest BCUT2D eigenvalue weighted by molar-refractivity contribution is -0.121. The number of carbonyl (C=O) groups is 2. The smallest absolute Gasteiger partial charge is 0.227 e. The Morgan fingerprint density at radius 3 is 2.91 bits per heavy atom. The summed E-state index contributed by atoms with van der Waals surface area (Å²) in [7, 11) is 0. The third-order valence-corrected chi connectivity index (χ3v) is 4.02. The number of hydrogen-bond acceptors (Lipinski definition) is 3. The quantitative estimate of drug-likeness (QED) is 0.802. The predicted octanol–water partition coefficient (Wildman–Crippen LogP) is 1.49. The highest BCUT2D eigenvalue weighted by molar-refractivity contribution is 5.96. The molecule has 1 aliphatic heterocycles. The van der Waals surface area contributed by atoms with E-state index in [0.29, 0.717) is 32.4 Å². The van der Waals surface area contributed by atoms with Gasteiger partial charge in [0.2, 0.25) is 11.8 Å². The van der Waals surface area contributed by atoms with Crippen molar-refractivity contribution < 1.29 is 14.7 Å². The average Bonchev–Trinajstić information content (AvgIpc) is 2.52. The van der Waals surface area contributed by atoms with Crippen molar-refractivity contribution in [2.24, 2.45) is 5.92 Å². The summed E-state index contributed by atoms with van der Waals surface area (Å²) in [5.74, 6) is 0.284. The molecule has 0 bridgehead atoms. The largest absolute Gasteiger partial charge is 0.396 e. The summed E-state index contributed by atoms with van der Waals surface area (Å²) < 4.78 is 0. The SMILES string of the molecule is CC(CCO)CNC(=O)CCN1C(=O)CCc2ccccc21. The number of amides is 2. The number of hydrogen-bond donors (Lipinski definition) is 2. The number of fused-ring (bicyclic) bond motifs is 1. The fourth-order valence-electron chi connectivity index (χ4n) is 2.65. The van der Waals surface area contributed by atoms with Crippen LogP contribution < -0.4 is 10.2 Å². The molecule has 1 aliphatic rings. The van der Waals surface area contributed by atoms with E-state index in [-0.39, 0.29) is 24.3 Å². The molecule has 0 saturated carbocycles. The number of aliphatic hydroxyl groups is 1. The Kier molecular flexibility index (Phi) is 5.95. The van der Waals surface area contributed by atoms with Gasteiger partial charge in [0.15, 0.2) is 0 Å². The highest BCUT2D eigenvalue weighted by atomic mass is 16.3. The number of anilines is 1. The summed E-state index contributed by atoms with van der Waals surface area (Å²) in [5.41, 5.74) is 2.10. The topological polar surface area (TPSA) is 69.6 Å². The summed E-state index contributed by atoms with van der Waals surface area (Å²) in [6, 6.07) is 7.86. The minimum atomic E-state index is -0.0550. The molecule has 0 aliphatic carbocycles.